The van der Waals surface area contributed by atoms with Crippen LogP contribution in [0.5, 0.6) is 0 Å². The number of hydrogen-bond donors (Lipinski definition) is 0. The summed E-state index contributed by atoms with van der Waals surface area (Å²) in [7, 11) is 2.24. The van der Waals surface area contributed by atoms with Gasteiger partial charge < -0.3 is 9.80 Å². The molecule has 0 aliphatic carbocycles. The Morgan fingerprint density at radius 2 is 1.93 bits per heavy atom. The quantitative estimate of drug-likeness (QED) is 0.660. The Hall–Kier alpha value is 0.400. The van der Waals surface area contributed by atoms with Crippen LogP contribution >= 0.6 is 15.9 Å². The molecule has 0 bridgehead atoms. The van der Waals surface area contributed by atoms with Crippen molar-refractivity contribution in [1.82, 2.24) is 9.80 Å². The first-order chi connectivity index (χ1) is 7.18. The zero-order valence-corrected chi connectivity index (χ0v) is 11.8. The van der Waals surface area contributed by atoms with Gasteiger partial charge in [-0.3, -0.25) is 0 Å². The van der Waals surface area contributed by atoms with E-state index in [1.807, 2.05) is 0 Å². The predicted octanol–water partition coefficient (Wildman–Crippen LogP) is 2.58. The number of halogens is 1. The van der Waals surface area contributed by atoms with Crippen molar-refractivity contribution in [2.75, 3.05) is 39.8 Å². The molecule has 0 aromatic rings. The highest BCUT2D eigenvalue weighted by Gasteiger charge is 2.10. The summed E-state index contributed by atoms with van der Waals surface area (Å²) in [6, 6.07) is 0. The van der Waals surface area contributed by atoms with Gasteiger partial charge in [0.2, 0.25) is 0 Å². The molecule has 1 atom stereocenters. The Kier molecular flexibility index (Phi) is 6.86. The molecular formula is C12H25BrN2. The summed E-state index contributed by atoms with van der Waals surface area (Å²) < 4.78 is 0. The third-order valence-corrected chi connectivity index (χ3v) is 3.58. The molecule has 0 aromatic heterocycles. The van der Waals surface area contributed by atoms with E-state index in [9.17, 15) is 0 Å². The standard InChI is InChI=1S/C12H25BrN2/c1-12(13)6-11-14(2)7-5-10-15-8-3-4-9-15/h12H,3-11H2,1-2H3. The zero-order chi connectivity index (χ0) is 11.1. The summed E-state index contributed by atoms with van der Waals surface area (Å²) in [5.41, 5.74) is 0. The molecule has 1 heterocycles. The van der Waals surface area contributed by atoms with E-state index < -0.39 is 0 Å². The molecule has 0 spiro atoms. The Bertz CT molecular complexity index is 156. The molecule has 1 aliphatic heterocycles. The lowest BCUT2D eigenvalue weighted by Crippen LogP contribution is -2.27. The molecule has 90 valence electrons. The Labute approximate surface area is 103 Å². The number of likely N-dealkylation sites (tertiary alicyclic amines) is 1. The van der Waals surface area contributed by atoms with Crippen LogP contribution in [0.3, 0.4) is 0 Å². The van der Waals surface area contributed by atoms with E-state index in [0.29, 0.717) is 4.83 Å². The van der Waals surface area contributed by atoms with E-state index in [0.717, 1.165) is 0 Å². The lowest BCUT2D eigenvalue weighted by atomic mass is 10.3. The van der Waals surface area contributed by atoms with Gasteiger partial charge in [0.05, 0.1) is 0 Å². The van der Waals surface area contributed by atoms with E-state index in [2.05, 4.69) is 39.7 Å². The molecule has 1 aliphatic rings. The molecule has 3 heteroatoms. The molecule has 1 saturated heterocycles. The molecule has 1 unspecified atom stereocenters. The van der Waals surface area contributed by atoms with Crippen molar-refractivity contribution in [3.8, 4) is 0 Å². The van der Waals surface area contributed by atoms with Gasteiger partial charge in [-0.05, 0) is 65.5 Å². The van der Waals surface area contributed by atoms with Crippen molar-refractivity contribution in [1.29, 1.82) is 0 Å². The predicted molar refractivity (Wildman–Crippen MR) is 70.8 cm³/mol. The van der Waals surface area contributed by atoms with Crippen LogP contribution < -0.4 is 0 Å². The van der Waals surface area contributed by atoms with Gasteiger partial charge >= 0.3 is 0 Å². The van der Waals surface area contributed by atoms with Gasteiger partial charge in [0.15, 0.2) is 0 Å². The molecule has 0 saturated carbocycles. The zero-order valence-electron chi connectivity index (χ0n) is 10.2. The third-order valence-electron chi connectivity index (χ3n) is 3.12. The summed E-state index contributed by atoms with van der Waals surface area (Å²) >= 11 is 3.59. The van der Waals surface area contributed by atoms with Crippen molar-refractivity contribution in [2.24, 2.45) is 0 Å². The fourth-order valence-corrected chi connectivity index (χ4v) is 2.29. The molecule has 0 aromatic carbocycles. The number of hydrogen-bond acceptors (Lipinski definition) is 2. The van der Waals surface area contributed by atoms with Crippen LogP contribution in [-0.2, 0) is 0 Å². The van der Waals surface area contributed by atoms with Gasteiger partial charge in [-0.2, -0.15) is 0 Å². The molecule has 2 nitrogen and oxygen atoms in total. The second-order valence-electron chi connectivity index (χ2n) is 4.78. The molecule has 15 heavy (non-hydrogen) atoms. The van der Waals surface area contributed by atoms with Gasteiger partial charge in [-0.1, -0.05) is 22.9 Å². The molecule has 0 N–H and O–H groups in total. The maximum atomic E-state index is 3.59. The van der Waals surface area contributed by atoms with Crippen molar-refractivity contribution in [2.45, 2.75) is 37.4 Å². The fraction of sp³-hybridized carbons (Fsp3) is 1.00. The normalized spacial score (nSPS) is 20.0. The second kappa shape index (κ2) is 7.64. The number of rotatable bonds is 7. The molecule has 0 amide bonds. The highest BCUT2D eigenvalue weighted by Crippen LogP contribution is 2.08. The van der Waals surface area contributed by atoms with Gasteiger partial charge in [0, 0.05) is 4.83 Å². The van der Waals surface area contributed by atoms with Crippen molar-refractivity contribution < 1.29 is 0 Å². The maximum Gasteiger partial charge on any atom is 0.0129 e. The maximum absolute atomic E-state index is 3.59. The monoisotopic (exact) mass is 276 g/mol. The first kappa shape index (κ1) is 13.5. The molecule has 1 fully saturated rings. The van der Waals surface area contributed by atoms with Gasteiger partial charge in [-0.25, -0.2) is 0 Å². The SMILES string of the molecule is CC(Br)CCN(C)CCCN1CCCC1. The first-order valence-corrected chi connectivity index (χ1v) is 7.15. The van der Waals surface area contributed by atoms with Crippen LogP contribution in [0, 0.1) is 0 Å². The summed E-state index contributed by atoms with van der Waals surface area (Å²) in [6.07, 6.45) is 5.40. The van der Waals surface area contributed by atoms with E-state index in [4.69, 9.17) is 0 Å². The topological polar surface area (TPSA) is 6.48 Å². The fourth-order valence-electron chi connectivity index (χ4n) is 2.08. The first-order valence-electron chi connectivity index (χ1n) is 6.23. The number of nitrogens with zero attached hydrogens (tertiary/aromatic N) is 2. The summed E-state index contributed by atoms with van der Waals surface area (Å²) in [5, 5.41) is 0. The second-order valence-corrected chi connectivity index (χ2v) is 6.34. The van der Waals surface area contributed by atoms with Crippen molar-refractivity contribution >= 4 is 15.9 Å². The van der Waals surface area contributed by atoms with Gasteiger partial charge in [-0.15, -0.1) is 0 Å². The lowest BCUT2D eigenvalue weighted by molar-refractivity contribution is 0.278. The average Bonchev–Trinajstić information content (AvgIpc) is 2.67. The molecule has 0 radical (unpaired) electrons. The van der Waals surface area contributed by atoms with Gasteiger partial charge in [0.25, 0.3) is 0 Å². The molecular weight excluding hydrogens is 252 g/mol. The van der Waals surface area contributed by atoms with Crippen LogP contribution in [0.1, 0.15) is 32.6 Å². The van der Waals surface area contributed by atoms with Crippen LogP contribution in [0.15, 0.2) is 0 Å². The van der Waals surface area contributed by atoms with Crippen LogP contribution in [-0.4, -0.2) is 54.4 Å². The summed E-state index contributed by atoms with van der Waals surface area (Å²) in [5.74, 6) is 0. The van der Waals surface area contributed by atoms with E-state index in [1.54, 1.807) is 0 Å². The third kappa shape index (κ3) is 6.54. The Morgan fingerprint density at radius 1 is 1.27 bits per heavy atom. The van der Waals surface area contributed by atoms with E-state index in [1.165, 1.54) is 58.4 Å². The van der Waals surface area contributed by atoms with E-state index >= 15 is 0 Å². The smallest absolute Gasteiger partial charge is 0.0129 e. The Balaban J connectivity index is 1.93. The summed E-state index contributed by atoms with van der Waals surface area (Å²) in [4.78, 5) is 5.70. The highest BCUT2D eigenvalue weighted by molar-refractivity contribution is 9.09. The minimum atomic E-state index is 0.651. The van der Waals surface area contributed by atoms with E-state index in [-0.39, 0.29) is 0 Å². The minimum absolute atomic E-state index is 0.651. The Morgan fingerprint density at radius 3 is 2.53 bits per heavy atom. The van der Waals surface area contributed by atoms with Crippen LogP contribution in [0.25, 0.3) is 0 Å². The summed E-state index contributed by atoms with van der Waals surface area (Å²) in [6.45, 7) is 8.65. The van der Waals surface area contributed by atoms with Crippen LogP contribution in [0.4, 0.5) is 0 Å². The van der Waals surface area contributed by atoms with Gasteiger partial charge in [0.1, 0.15) is 0 Å². The van der Waals surface area contributed by atoms with Crippen LogP contribution in [0.2, 0.25) is 0 Å². The van der Waals surface area contributed by atoms with Crippen molar-refractivity contribution in [3.05, 3.63) is 0 Å². The van der Waals surface area contributed by atoms with Crippen molar-refractivity contribution in [3.63, 3.8) is 0 Å². The molecule has 1 rings (SSSR count). The minimum Gasteiger partial charge on any atom is -0.306 e. The highest BCUT2D eigenvalue weighted by atomic mass is 79.9. The average molecular weight is 277 g/mol. The lowest BCUT2D eigenvalue weighted by Gasteiger charge is -2.20. The number of alkyl halides is 1. The largest absolute Gasteiger partial charge is 0.306 e.